The van der Waals surface area contributed by atoms with E-state index in [1.807, 2.05) is 13.8 Å². The molecule has 1 saturated carbocycles. The molecule has 1 aliphatic rings. The average molecular weight is 314 g/mol. The topological polar surface area (TPSA) is 88.4 Å². The standard InChI is InChI=1S/C14H22N2O4S/c1-10(2)16-9-12(8-13(16)14(17)18)21(19,20)15-7-6-11-4-3-5-11/h8-11,15H,3-7H2,1-2H3,(H,17,18). The van der Waals surface area contributed by atoms with Crippen LogP contribution in [0.25, 0.3) is 0 Å². The molecular weight excluding hydrogens is 292 g/mol. The zero-order valence-electron chi connectivity index (χ0n) is 12.4. The van der Waals surface area contributed by atoms with Gasteiger partial charge in [-0.2, -0.15) is 0 Å². The first-order chi connectivity index (χ1) is 9.81. The molecule has 0 aromatic carbocycles. The summed E-state index contributed by atoms with van der Waals surface area (Å²) in [5, 5.41) is 9.15. The van der Waals surface area contributed by atoms with Gasteiger partial charge in [0.15, 0.2) is 0 Å². The Morgan fingerprint density at radius 2 is 2.14 bits per heavy atom. The third-order valence-corrected chi connectivity index (χ3v) is 5.41. The fraction of sp³-hybridized carbons (Fsp3) is 0.643. The Morgan fingerprint density at radius 1 is 1.48 bits per heavy atom. The first-order valence-electron chi connectivity index (χ1n) is 7.26. The molecule has 0 amide bonds. The van der Waals surface area contributed by atoms with Crippen LogP contribution in [0, 0.1) is 5.92 Å². The molecule has 7 heteroatoms. The molecule has 0 radical (unpaired) electrons. The average Bonchev–Trinajstić information content (AvgIpc) is 2.78. The molecule has 118 valence electrons. The van der Waals surface area contributed by atoms with Gasteiger partial charge < -0.3 is 9.67 Å². The predicted molar refractivity (Wildman–Crippen MR) is 78.9 cm³/mol. The van der Waals surface area contributed by atoms with Crippen molar-refractivity contribution in [2.45, 2.75) is 50.5 Å². The molecule has 2 N–H and O–H groups in total. The van der Waals surface area contributed by atoms with Crippen molar-refractivity contribution in [3.8, 4) is 0 Å². The molecule has 0 aliphatic heterocycles. The smallest absolute Gasteiger partial charge is 0.352 e. The molecule has 0 spiro atoms. The predicted octanol–water partition coefficient (Wildman–Crippen LogP) is 2.24. The lowest BCUT2D eigenvalue weighted by molar-refractivity contribution is 0.0683. The Hall–Kier alpha value is -1.34. The summed E-state index contributed by atoms with van der Waals surface area (Å²) >= 11 is 0. The van der Waals surface area contributed by atoms with Crippen LogP contribution in [0.5, 0.6) is 0 Å². The van der Waals surface area contributed by atoms with Crippen LogP contribution in [0.3, 0.4) is 0 Å². The summed E-state index contributed by atoms with van der Waals surface area (Å²) < 4.78 is 28.4. The van der Waals surface area contributed by atoms with Crippen LogP contribution in [0.15, 0.2) is 17.2 Å². The number of carboxylic acid groups (broad SMARTS) is 1. The number of sulfonamides is 1. The maximum absolute atomic E-state index is 12.2. The summed E-state index contributed by atoms with van der Waals surface area (Å²) in [6.07, 6.45) is 5.82. The van der Waals surface area contributed by atoms with Crippen molar-refractivity contribution in [2.24, 2.45) is 5.92 Å². The van der Waals surface area contributed by atoms with Crippen LogP contribution in [-0.2, 0) is 10.0 Å². The molecule has 21 heavy (non-hydrogen) atoms. The van der Waals surface area contributed by atoms with Gasteiger partial charge in [-0.3, -0.25) is 0 Å². The van der Waals surface area contributed by atoms with Gasteiger partial charge in [-0.15, -0.1) is 0 Å². The zero-order valence-corrected chi connectivity index (χ0v) is 13.2. The van der Waals surface area contributed by atoms with Gasteiger partial charge in [0.05, 0.1) is 0 Å². The van der Waals surface area contributed by atoms with Gasteiger partial charge in [-0.1, -0.05) is 19.3 Å². The highest BCUT2D eigenvalue weighted by Gasteiger charge is 2.23. The van der Waals surface area contributed by atoms with E-state index >= 15 is 0 Å². The second kappa shape index (κ2) is 6.19. The van der Waals surface area contributed by atoms with Gasteiger partial charge in [-0.25, -0.2) is 17.9 Å². The summed E-state index contributed by atoms with van der Waals surface area (Å²) in [6.45, 7) is 4.03. The van der Waals surface area contributed by atoms with E-state index in [9.17, 15) is 13.2 Å². The number of aromatic carboxylic acids is 1. The molecular formula is C14H22N2O4S. The second-order valence-corrected chi connectivity index (χ2v) is 7.62. The van der Waals surface area contributed by atoms with E-state index in [0.29, 0.717) is 12.5 Å². The van der Waals surface area contributed by atoms with Crippen molar-refractivity contribution in [2.75, 3.05) is 6.54 Å². The second-order valence-electron chi connectivity index (χ2n) is 5.85. The number of nitrogens with one attached hydrogen (secondary N) is 1. The SMILES string of the molecule is CC(C)n1cc(S(=O)(=O)NCCC2CCC2)cc1C(=O)O. The van der Waals surface area contributed by atoms with Crippen molar-refractivity contribution in [3.63, 3.8) is 0 Å². The molecule has 1 aromatic rings. The molecule has 2 rings (SSSR count). The Balaban J connectivity index is 2.11. The third kappa shape index (κ3) is 3.65. The van der Waals surface area contributed by atoms with E-state index in [1.165, 1.54) is 36.1 Å². The minimum Gasteiger partial charge on any atom is -0.477 e. The quantitative estimate of drug-likeness (QED) is 0.808. The molecule has 6 nitrogen and oxygen atoms in total. The molecule has 0 atom stereocenters. The van der Waals surface area contributed by atoms with Gasteiger partial charge in [0.25, 0.3) is 0 Å². The molecule has 1 fully saturated rings. The lowest BCUT2D eigenvalue weighted by atomic mass is 9.83. The van der Waals surface area contributed by atoms with Crippen LogP contribution >= 0.6 is 0 Å². The minimum absolute atomic E-state index is 0.00984. The van der Waals surface area contributed by atoms with Gasteiger partial charge >= 0.3 is 5.97 Å². The van der Waals surface area contributed by atoms with Crippen molar-refractivity contribution < 1.29 is 18.3 Å². The Kier molecular flexibility index (Phi) is 4.73. The molecule has 0 bridgehead atoms. The van der Waals surface area contributed by atoms with Crippen LogP contribution < -0.4 is 4.72 Å². The first kappa shape index (κ1) is 16.0. The van der Waals surface area contributed by atoms with Crippen LogP contribution in [0.1, 0.15) is 56.1 Å². The first-order valence-corrected chi connectivity index (χ1v) is 8.74. The van der Waals surface area contributed by atoms with Crippen molar-refractivity contribution >= 4 is 16.0 Å². The Bertz CT molecular complexity index is 615. The molecule has 1 heterocycles. The van der Waals surface area contributed by atoms with Crippen molar-refractivity contribution in [1.29, 1.82) is 0 Å². The highest BCUT2D eigenvalue weighted by Crippen LogP contribution is 2.29. The number of hydrogen-bond donors (Lipinski definition) is 2. The fourth-order valence-corrected chi connectivity index (χ4v) is 3.53. The number of carbonyl (C=O) groups is 1. The van der Waals surface area contributed by atoms with Gasteiger partial charge in [0, 0.05) is 18.8 Å². The van der Waals surface area contributed by atoms with Crippen molar-refractivity contribution in [3.05, 3.63) is 18.0 Å². The third-order valence-electron chi connectivity index (χ3n) is 3.98. The van der Waals surface area contributed by atoms with Crippen molar-refractivity contribution in [1.82, 2.24) is 9.29 Å². The van der Waals surface area contributed by atoms with Gasteiger partial charge in [0.2, 0.25) is 10.0 Å². The van der Waals surface area contributed by atoms with E-state index < -0.39 is 16.0 Å². The largest absolute Gasteiger partial charge is 0.477 e. The van der Waals surface area contributed by atoms with E-state index in [0.717, 1.165) is 6.42 Å². The summed E-state index contributed by atoms with van der Waals surface area (Å²) in [7, 11) is -3.64. The highest BCUT2D eigenvalue weighted by atomic mass is 32.2. The zero-order chi connectivity index (χ0) is 15.6. The minimum atomic E-state index is -3.64. The van der Waals surface area contributed by atoms with Crippen LogP contribution in [-0.4, -0.2) is 30.6 Å². The maximum atomic E-state index is 12.2. The van der Waals surface area contributed by atoms with E-state index in [4.69, 9.17) is 5.11 Å². The van der Waals surface area contributed by atoms with Crippen LogP contribution in [0.4, 0.5) is 0 Å². The van der Waals surface area contributed by atoms with E-state index in [-0.39, 0.29) is 16.6 Å². The number of aromatic nitrogens is 1. The molecule has 0 unspecified atom stereocenters. The monoisotopic (exact) mass is 314 g/mol. The molecule has 1 aliphatic carbocycles. The van der Waals surface area contributed by atoms with Gasteiger partial charge in [0.1, 0.15) is 10.6 Å². The summed E-state index contributed by atoms with van der Waals surface area (Å²) in [4.78, 5) is 11.2. The Morgan fingerprint density at radius 3 is 2.57 bits per heavy atom. The number of carboxylic acids is 1. The molecule has 1 aromatic heterocycles. The summed E-state index contributed by atoms with van der Waals surface area (Å²) in [5.74, 6) is -0.498. The summed E-state index contributed by atoms with van der Waals surface area (Å²) in [6, 6.07) is 1.10. The Labute approximate surface area is 125 Å². The lowest BCUT2D eigenvalue weighted by Crippen LogP contribution is -2.27. The lowest BCUT2D eigenvalue weighted by Gasteiger charge is -2.24. The number of rotatable bonds is 7. The molecule has 0 saturated heterocycles. The number of hydrogen-bond acceptors (Lipinski definition) is 3. The van der Waals surface area contributed by atoms with Crippen LogP contribution in [0.2, 0.25) is 0 Å². The fourth-order valence-electron chi connectivity index (χ4n) is 2.46. The van der Waals surface area contributed by atoms with Gasteiger partial charge in [-0.05, 0) is 32.3 Å². The van der Waals surface area contributed by atoms with E-state index in [1.54, 1.807) is 0 Å². The number of nitrogens with zero attached hydrogens (tertiary/aromatic N) is 1. The highest BCUT2D eigenvalue weighted by molar-refractivity contribution is 7.89. The normalized spacial score (nSPS) is 16.1. The summed E-state index contributed by atoms with van der Waals surface area (Å²) in [5.41, 5.74) is -0.00984. The maximum Gasteiger partial charge on any atom is 0.352 e. The van der Waals surface area contributed by atoms with E-state index in [2.05, 4.69) is 4.72 Å².